The van der Waals surface area contributed by atoms with Crippen molar-refractivity contribution in [2.75, 3.05) is 0 Å². The van der Waals surface area contributed by atoms with Gasteiger partial charge in [0.2, 0.25) is 0 Å². The first-order chi connectivity index (χ1) is 9.79. The molecule has 0 heterocycles. The highest BCUT2D eigenvalue weighted by atomic mass is 32.1. The minimum absolute atomic E-state index is 0.706. The molecular weight excluding hydrogens is 260 g/mol. The zero-order valence-corrected chi connectivity index (χ0v) is 14.1. The van der Waals surface area contributed by atoms with Crippen molar-refractivity contribution in [1.29, 1.82) is 0 Å². The van der Waals surface area contributed by atoms with Gasteiger partial charge in [-0.05, 0) is 62.7 Å². The monoisotopic (exact) mass is 294 g/mol. The highest BCUT2D eigenvalue weighted by Gasteiger charge is 2.31. The Morgan fingerprint density at radius 3 is 1.60 bits per heavy atom. The maximum atomic E-state index is 4.59. The summed E-state index contributed by atoms with van der Waals surface area (Å²) in [6, 6.07) is 0. The Balaban J connectivity index is 0.000000205. The van der Waals surface area contributed by atoms with E-state index in [0.717, 1.165) is 17.8 Å². The second-order valence-electron chi connectivity index (χ2n) is 7.26. The van der Waals surface area contributed by atoms with E-state index in [1.807, 2.05) is 0 Å². The van der Waals surface area contributed by atoms with Crippen molar-refractivity contribution in [3.8, 4) is 0 Å². The fourth-order valence-electron chi connectivity index (χ4n) is 4.33. The van der Waals surface area contributed by atoms with Gasteiger partial charge >= 0.3 is 0 Å². The van der Waals surface area contributed by atoms with Crippen LogP contribution in [0.5, 0.6) is 0 Å². The van der Waals surface area contributed by atoms with Gasteiger partial charge in [-0.25, -0.2) is 0 Å². The Bertz CT molecular complexity index is 249. The summed E-state index contributed by atoms with van der Waals surface area (Å²) in [5.74, 6) is 2.84. The molecule has 0 saturated heterocycles. The smallest absolute Gasteiger partial charge is 0.00196 e. The van der Waals surface area contributed by atoms with E-state index in [2.05, 4.69) is 25.3 Å². The lowest BCUT2D eigenvalue weighted by Crippen LogP contribution is -2.19. The molecule has 0 aliphatic heterocycles. The van der Waals surface area contributed by atoms with E-state index >= 15 is 0 Å². The summed E-state index contributed by atoms with van der Waals surface area (Å²) in [4.78, 5) is 0. The van der Waals surface area contributed by atoms with Crippen LogP contribution < -0.4 is 0 Å². The molecule has 0 amide bonds. The second kappa shape index (κ2) is 9.18. The highest BCUT2D eigenvalue weighted by Crippen LogP contribution is 2.42. The highest BCUT2D eigenvalue weighted by molar-refractivity contribution is 7.80. The number of rotatable bonds is 2. The van der Waals surface area contributed by atoms with Crippen LogP contribution in [0.3, 0.4) is 0 Å². The third-order valence-corrected chi connectivity index (χ3v) is 6.23. The largest absolute Gasteiger partial charge is 0.176 e. The first-order valence-electron chi connectivity index (χ1n) is 9.10. The minimum Gasteiger partial charge on any atom is -0.176 e. The molecule has 3 fully saturated rings. The third-order valence-electron chi connectivity index (χ3n) is 5.76. The standard InChI is InChI=1S/C13H22S.C6H12/c1-2-10-3-5-11(6-4-10)12-7-8-13(14)9-12;1-2-4-6-5-3-1/h2,10-14H,1,3-9H2;1-6H2. The Hall–Kier alpha value is 0.0900. The zero-order valence-electron chi connectivity index (χ0n) is 13.2. The summed E-state index contributed by atoms with van der Waals surface area (Å²) < 4.78 is 0. The number of hydrogen-bond donors (Lipinski definition) is 1. The van der Waals surface area contributed by atoms with Crippen LogP contribution in [-0.4, -0.2) is 5.25 Å². The van der Waals surface area contributed by atoms with Crippen LogP contribution in [0.4, 0.5) is 0 Å². The molecule has 0 radical (unpaired) electrons. The molecule has 3 saturated carbocycles. The van der Waals surface area contributed by atoms with Gasteiger partial charge in [-0.2, -0.15) is 12.6 Å². The van der Waals surface area contributed by atoms with E-state index in [4.69, 9.17) is 0 Å². The molecule has 116 valence electrons. The third kappa shape index (κ3) is 5.47. The predicted octanol–water partition coefficient (Wildman–Crippen LogP) is 6.42. The van der Waals surface area contributed by atoms with Gasteiger partial charge in [0, 0.05) is 5.25 Å². The fraction of sp³-hybridized carbons (Fsp3) is 0.895. The summed E-state index contributed by atoms with van der Waals surface area (Å²) in [5, 5.41) is 0.706. The van der Waals surface area contributed by atoms with Crippen molar-refractivity contribution >= 4 is 12.6 Å². The number of allylic oxidation sites excluding steroid dienone is 1. The molecule has 0 aromatic carbocycles. The van der Waals surface area contributed by atoms with Crippen molar-refractivity contribution in [1.82, 2.24) is 0 Å². The van der Waals surface area contributed by atoms with Crippen LogP contribution in [0.1, 0.15) is 83.5 Å². The number of thiol groups is 1. The average Bonchev–Trinajstić information content (AvgIpc) is 2.96. The molecular formula is C19H34S. The van der Waals surface area contributed by atoms with Crippen LogP contribution in [0.2, 0.25) is 0 Å². The first-order valence-corrected chi connectivity index (χ1v) is 9.62. The molecule has 0 nitrogen and oxygen atoms in total. The summed E-state index contributed by atoms with van der Waals surface area (Å²) in [6.07, 6.45) is 21.0. The van der Waals surface area contributed by atoms with Crippen LogP contribution in [-0.2, 0) is 0 Å². The Kier molecular flexibility index (Phi) is 7.55. The van der Waals surface area contributed by atoms with Gasteiger partial charge in [-0.3, -0.25) is 0 Å². The van der Waals surface area contributed by atoms with Crippen LogP contribution >= 0.6 is 12.6 Å². The summed E-state index contributed by atoms with van der Waals surface area (Å²) in [6.45, 7) is 3.91. The molecule has 2 atom stereocenters. The summed E-state index contributed by atoms with van der Waals surface area (Å²) in [7, 11) is 0. The van der Waals surface area contributed by atoms with E-state index in [1.165, 1.54) is 83.5 Å². The SMILES string of the molecule is C1CCCCC1.C=CC1CCC(C2CCC(S)C2)CC1. The molecule has 20 heavy (non-hydrogen) atoms. The van der Waals surface area contributed by atoms with Crippen molar-refractivity contribution in [2.45, 2.75) is 88.7 Å². The van der Waals surface area contributed by atoms with Crippen molar-refractivity contribution in [2.24, 2.45) is 17.8 Å². The van der Waals surface area contributed by atoms with E-state index in [1.54, 1.807) is 0 Å². The van der Waals surface area contributed by atoms with E-state index in [9.17, 15) is 0 Å². The lowest BCUT2D eigenvalue weighted by molar-refractivity contribution is 0.226. The van der Waals surface area contributed by atoms with Gasteiger partial charge < -0.3 is 0 Å². The quantitative estimate of drug-likeness (QED) is 0.441. The molecule has 0 N–H and O–H groups in total. The molecule has 0 aromatic heterocycles. The molecule has 0 bridgehead atoms. The molecule has 2 unspecified atom stereocenters. The van der Waals surface area contributed by atoms with E-state index in [-0.39, 0.29) is 0 Å². The van der Waals surface area contributed by atoms with E-state index in [0.29, 0.717) is 5.25 Å². The van der Waals surface area contributed by atoms with Crippen molar-refractivity contribution in [3.63, 3.8) is 0 Å². The van der Waals surface area contributed by atoms with Gasteiger partial charge in [0.1, 0.15) is 0 Å². The Labute approximate surface area is 132 Å². The summed E-state index contributed by atoms with van der Waals surface area (Å²) in [5.41, 5.74) is 0. The maximum Gasteiger partial charge on any atom is 0.00196 e. The summed E-state index contributed by atoms with van der Waals surface area (Å²) >= 11 is 4.59. The topological polar surface area (TPSA) is 0 Å². The van der Waals surface area contributed by atoms with Gasteiger partial charge in [0.15, 0.2) is 0 Å². The average molecular weight is 295 g/mol. The predicted molar refractivity (Wildman–Crippen MR) is 93.5 cm³/mol. The van der Waals surface area contributed by atoms with Crippen LogP contribution in [0.15, 0.2) is 12.7 Å². The number of hydrogen-bond acceptors (Lipinski definition) is 1. The zero-order chi connectivity index (χ0) is 14.2. The van der Waals surface area contributed by atoms with Crippen LogP contribution in [0, 0.1) is 17.8 Å². The first kappa shape index (κ1) is 16.5. The minimum atomic E-state index is 0.706. The molecule has 3 aliphatic carbocycles. The maximum absolute atomic E-state index is 4.59. The molecule has 3 aliphatic rings. The van der Waals surface area contributed by atoms with Crippen molar-refractivity contribution < 1.29 is 0 Å². The molecule has 0 aromatic rings. The van der Waals surface area contributed by atoms with Gasteiger partial charge in [-0.1, -0.05) is 44.6 Å². The molecule has 3 rings (SSSR count). The molecule has 0 spiro atoms. The fourth-order valence-corrected chi connectivity index (χ4v) is 4.75. The second-order valence-corrected chi connectivity index (χ2v) is 7.99. The Morgan fingerprint density at radius 2 is 1.20 bits per heavy atom. The van der Waals surface area contributed by atoms with Gasteiger partial charge in [0.05, 0.1) is 0 Å². The van der Waals surface area contributed by atoms with Crippen LogP contribution in [0.25, 0.3) is 0 Å². The normalized spacial score (nSPS) is 37.9. The lowest BCUT2D eigenvalue weighted by atomic mass is 9.75. The van der Waals surface area contributed by atoms with Gasteiger partial charge in [0.25, 0.3) is 0 Å². The van der Waals surface area contributed by atoms with E-state index < -0.39 is 0 Å². The molecule has 1 heteroatoms. The van der Waals surface area contributed by atoms with Crippen molar-refractivity contribution in [3.05, 3.63) is 12.7 Å². The van der Waals surface area contributed by atoms with Gasteiger partial charge in [-0.15, -0.1) is 6.58 Å². The Morgan fingerprint density at radius 1 is 0.700 bits per heavy atom. The lowest BCUT2D eigenvalue weighted by Gasteiger charge is -2.30.